The van der Waals surface area contributed by atoms with Gasteiger partial charge < -0.3 is 20.7 Å². The summed E-state index contributed by atoms with van der Waals surface area (Å²) in [5, 5.41) is 8.45. The SMILES string of the molecule is CC(C)(C)OC(=O)NCC(=O)Nc1ccc(CNC(=O)c2ccc(Cl)cc2)cc1. The number of ether oxygens (including phenoxy) is 1. The molecule has 154 valence electrons. The summed E-state index contributed by atoms with van der Waals surface area (Å²) in [7, 11) is 0. The molecule has 0 fully saturated rings. The third kappa shape index (κ3) is 8.23. The van der Waals surface area contributed by atoms with Crippen molar-refractivity contribution in [1.82, 2.24) is 10.6 Å². The Morgan fingerprint density at radius 2 is 1.55 bits per heavy atom. The molecule has 0 aliphatic rings. The number of alkyl carbamates (subject to hydrolysis) is 1. The Hall–Kier alpha value is -3.06. The fraction of sp³-hybridized carbons (Fsp3) is 0.286. The van der Waals surface area contributed by atoms with E-state index in [1.165, 1.54) is 0 Å². The first-order valence-corrected chi connectivity index (χ1v) is 9.39. The molecule has 2 aromatic rings. The molecular formula is C21H24ClN3O4. The Labute approximate surface area is 174 Å². The van der Waals surface area contributed by atoms with E-state index >= 15 is 0 Å². The summed E-state index contributed by atoms with van der Waals surface area (Å²) in [6, 6.07) is 13.6. The summed E-state index contributed by atoms with van der Waals surface area (Å²) in [6.07, 6.45) is -0.653. The van der Waals surface area contributed by atoms with E-state index in [4.69, 9.17) is 16.3 Å². The zero-order valence-corrected chi connectivity index (χ0v) is 17.3. The molecule has 0 aliphatic carbocycles. The van der Waals surface area contributed by atoms with Gasteiger partial charge in [-0.15, -0.1) is 0 Å². The van der Waals surface area contributed by atoms with Crippen molar-refractivity contribution in [2.45, 2.75) is 32.9 Å². The van der Waals surface area contributed by atoms with Gasteiger partial charge in [0.05, 0.1) is 0 Å². The van der Waals surface area contributed by atoms with Crippen LogP contribution >= 0.6 is 11.6 Å². The highest BCUT2D eigenvalue weighted by Crippen LogP contribution is 2.11. The van der Waals surface area contributed by atoms with E-state index in [0.717, 1.165) is 5.56 Å². The van der Waals surface area contributed by atoms with Gasteiger partial charge in [0.2, 0.25) is 5.91 Å². The third-order valence-corrected chi connectivity index (χ3v) is 3.84. The summed E-state index contributed by atoms with van der Waals surface area (Å²) < 4.78 is 5.07. The highest BCUT2D eigenvalue weighted by atomic mass is 35.5. The summed E-state index contributed by atoms with van der Waals surface area (Å²) in [6.45, 7) is 5.37. The van der Waals surface area contributed by atoms with Crippen molar-refractivity contribution in [2.75, 3.05) is 11.9 Å². The summed E-state index contributed by atoms with van der Waals surface area (Å²) in [4.78, 5) is 35.6. The van der Waals surface area contributed by atoms with Crippen molar-refractivity contribution in [1.29, 1.82) is 0 Å². The highest BCUT2D eigenvalue weighted by molar-refractivity contribution is 6.30. The van der Waals surface area contributed by atoms with E-state index in [2.05, 4.69) is 16.0 Å². The van der Waals surface area contributed by atoms with Gasteiger partial charge in [-0.2, -0.15) is 0 Å². The van der Waals surface area contributed by atoms with Crippen LogP contribution < -0.4 is 16.0 Å². The standard InChI is InChI=1S/C21H24ClN3O4/c1-21(2,3)29-20(28)24-13-18(26)25-17-10-4-14(5-11-17)12-23-19(27)15-6-8-16(22)9-7-15/h4-11H,12-13H2,1-3H3,(H,23,27)(H,24,28)(H,25,26). The second-order valence-electron chi connectivity index (χ2n) is 7.29. The van der Waals surface area contributed by atoms with Crippen LogP contribution in [0.25, 0.3) is 0 Å². The molecule has 2 rings (SSSR count). The maximum absolute atomic E-state index is 12.1. The molecule has 0 spiro atoms. The Kier molecular flexibility index (Phi) is 7.61. The Balaban J connectivity index is 1.77. The van der Waals surface area contributed by atoms with Crippen LogP contribution in [0.4, 0.5) is 10.5 Å². The van der Waals surface area contributed by atoms with Gasteiger partial charge in [-0.1, -0.05) is 23.7 Å². The average molecular weight is 418 g/mol. The number of carbonyl (C=O) groups excluding carboxylic acids is 3. The minimum Gasteiger partial charge on any atom is -0.444 e. The topological polar surface area (TPSA) is 96.5 Å². The number of halogens is 1. The second kappa shape index (κ2) is 9.93. The van der Waals surface area contributed by atoms with Gasteiger partial charge in [-0.05, 0) is 62.7 Å². The fourth-order valence-electron chi connectivity index (χ4n) is 2.26. The van der Waals surface area contributed by atoms with E-state index in [9.17, 15) is 14.4 Å². The predicted octanol–water partition coefficient (Wildman–Crippen LogP) is 3.73. The lowest BCUT2D eigenvalue weighted by atomic mass is 10.2. The lowest BCUT2D eigenvalue weighted by Crippen LogP contribution is -2.37. The molecule has 29 heavy (non-hydrogen) atoms. The highest BCUT2D eigenvalue weighted by Gasteiger charge is 2.16. The van der Waals surface area contributed by atoms with Crippen molar-refractivity contribution in [3.8, 4) is 0 Å². The van der Waals surface area contributed by atoms with Gasteiger partial charge in [-0.3, -0.25) is 9.59 Å². The van der Waals surface area contributed by atoms with Crippen LogP contribution in [0, 0.1) is 0 Å². The summed E-state index contributed by atoms with van der Waals surface area (Å²) in [5.74, 6) is -0.577. The molecule has 0 heterocycles. The number of benzene rings is 2. The molecule has 0 saturated heterocycles. The molecule has 7 nitrogen and oxygen atoms in total. The summed E-state index contributed by atoms with van der Waals surface area (Å²) >= 11 is 5.81. The van der Waals surface area contributed by atoms with E-state index in [-0.39, 0.29) is 18.4 Å². The van der Waals surface area contributed by atoms with Crippen LogP contribution in [-0.4, -0.2) is 30.1 Å². The van der Waals surface area contributed by atoms with Crippen molar-refractivity contribution in [2.24, 2.45) is 0 Å². The first-order chi connectivity index (χ1) is 13.6. The quantitative estimate of drug-likeness (QED) is 0.667. The summed E-state index contributed by atoms with van der Waals surface area (Å²) in [5.41, 5.74) is 1.35. The smallest absolute Gasteiger partial charge is 0.408 e. The zero-order valence-electron chi connectivity index (χ0n) is 16.5. The largest absolute Gasteiger partial charge is 0.444 e. The van der Waals surface area contributed by atoms with Crippen LogP contribution in [-0.2, 0) is 16.1 Å². The monoisotopic (exact) mass is 417 g/mol. The molecule has 0 radical (unpaired) electrons. The number of amides is 3. The molecule has 0 aromatic heterocycles. The lowest BCUT2D eigenvalue weighted by molar-refractivity contribution is -0.115. The maximum Gasteiger partial charge on any atom is 0.408 e. The minimum atomic E-state index is -0.653. The lowest BCUT2D eigenvalue weighted by Gasteiger charge is -2.19. The fourth-order valence-corrected chi connectivity index (χ4v) is 2.39. The van der Waals surface area contributed by atoms with Crippen LogP contribution in [0.3, 0.4) is 0 Å². The molecule has 0 unspecified atom stereocenters. The van der Waals surface area contributed by atoms with Crippen LogP contribution in [0.2, 0.25) is 5.02 Å². The third-order valence-electron chi connectivity index (χ3n) is 3.59. The van der Waals surface area contributed by atoms with Crippen molar-refractivity contribution in [3.63, 3.8) is 0 Å². The van der Waals surface area contributed by atoms with Gasteiger partial charge in [0.25, 0.3) is 5.91 Å². The Morgan fingerprint density at radius 3 is 2.14 bits per heavy atom. The number of carbonyl (C=O) groups is 3. The molecule has 3 amide bonds. The predicted molar refractivity (Wildman–Crippen MR) is 112 cm³/mol. The van der Waals surface area contributed by atoms with Gasteiger partial charge in [-0.25, -0.2) is 4.79 Å². The molecule has 3 N–H and O–H groups in total. The molecule has 0 saturated carbocycles. The number of hydrogen-bond acceptors (Lipinski definition) is 4. The maximum atomic E-state index is 12.1. The molecule has 8 heteroatoms. The van der Waals surface area contributed by atoms with Crippen molar-refractivity contribution in [3.05, 3.63) is 64.7 Å². The number of rotatable bonds is 6. The average Bonchev–Trinajstić information content (AvgIpc) is 2.65. The van der Waals surface area contributed by atoms with E-state index in [0.29, 0.717) is 22.8 Å². The van der Waals surface area contributed by atoms with Crippen LogP contribution in [0.1, 0.15) is 36.7 Å². The number of nitrogens with one attached hydrogen (secondary N) is 3. The van der Waals surface area contributed by atoms with Gasteiger partial charge in [0.15, 0.2) is 0 Å². The van der Waals surface area contributed by atoms with Crippen LogP contribution in [0.5, 0.6) is 0 Å². The Bertz CT molecular complexity index is 859. The van der Waals surface area contributed by atoms with Crippen molar-refractivity contribution < 1.29 is 19.1 Å². The van der Waals surface area contributed by atoms with E-state index in [1.54, 1.807) is 69.3 Å². The second-order valence-corrected chi connectivity index (χ2v) is 7.73. The minimum absolute atomic E-state index is 0.201. The molecule has 0 aliphatic heterocycles. The first kappa shape index (κ1) is 22.2. The van der Waals surface area contributed by atoms with Gasteiger partial charge in [0.1, 0.15) is 12.1 Å². The van der Waals surface area contributed by atoms with E-state index < -0.39 is 11.7 Å². The van der Waals surface area contributed by atoms with Crippen LogP contribution in [0.15, 0.2) is 48.5 Å². The van der Waals surface area contributed by atoms with Gasteiger partial charge >= 0.3 is 6.09 Å². The first-order valence-electron chi connectivity index (χ1n) is 9.02. The molecule has 0 atom stereocenters. The molecular weight excluding hydrogens is 394 g/mol. The van der Waals surface area contributed by atoms with Crippen molar-refractivity contribution >= 4 is 35.2 Å². The normalized spacial score (nSPS) is 10.8. The Morgan fingerprint density at radius 1 is 0.931 bits per heavy atom. The van der Waals surface area contributed by atoms with E-state index in [1.807, 2.05) is 0 Å². The molecule has 0 bridgehead atoms. The zero-order chi connectivity index (χ0) is 21.4. The molecule has 2 aromatic carbocycles. The number of anilines is 1. The van der Waals surface area contributed by atoms with Gasteiger partial charge in [0, 0.05) is 22.8 Å². The number of hydrogen-bond donors (Lipinski definition) is 3.